The van der Waals surface area contributed by atoms with Gasteiger partial charge in [0.05, 0.1) is 6.21 Å². The number of H-pyrrole nitrogens is 1. The number of phenolic OH excluding ortho intramolecular Hbond substituents is 3. The van der Waals surface area contributed by atoms with Crippen LogP contribution < -0.4 is 11.2 Å². The fraction of sp³-hybridized carbons (Fsp3) is 0.312. The second kappa shape index (κ2) is 7.72. The smallest absolute Gasteiger partial charge is 0.330 e. The second-order valence-electron chi connectivity index (χ2n) is 5.97. The summed E-state index contributed by atoms with van der Waals surface area (Å²) < 4.78 is 6.35. The summed E-state index contributed by atoms with van der Waals surface area (Å²) in [5, 5.41) is 52.1. The number of phenols is 3. The van der Waals surface area contributed by atoms with Crippen LogP contribution in [0.15, 0.2) is 39.1 Å². The Morgan fingerprint density at radius 1 is 1.14 bits per heavy atom. The zero-order valence-electron chi connectivity index (χ0n) is 14.2. The minimum absolute atomic E-state index is 0.0564. The molecule has 1 aliphatic rings. The van der Waals surface area contributed by atoms with E-state index in [0.29, 0.717) is 0 Å². The molecule has 0 bridgehead atoms. The summed E-state index contributed by atoms with van der Waals surface area (Å²) in [7, 11) is 0. The number of oxime groups is 1. The van der Waals surface area contributed by atoms with E-state index in [4.69, 9.17) is 9.57 Å². The fourth-order valence-electron chi connectivity index (χ4n) is 2.62. The predicted molar refractivity (Wildman–Crippen MR) is 92.2 cm³/mol. The van der Waals surface area contributed by atoms with Crippen LogP contribution >= 0.6 is 0 Å². The Hall–Kier alpha value is -3.35. The van der Waals surface area contributed by atoms with Crippen molar-refractivity contribution in [3.8, 4) is 17.2 Å². The van der Waals surface area contributed by atoms with Gasteiger partial charge in [0.1, 0.15) is 24.9 Å². The lowest BCUT2D eigenvalue weighted by Gasteiger charge is -2.16. The van der Waals surface area contributed by atoms with Crippen LogP contribution in [0.1, 0.15) is 11.8 Å². The largest absolute Gasteiger partial charge is 0.504 e. The van der Waals surface area contributed by atoms with Gasteiger partial charge >= 0.3 is 5.69 Å². The molecule has 0 amide bonds. The van der Waals surface area contributed by atoms with Gasteiger partial charge in [-0.05, 0) is 12.1 Å². The van der Waals surface area contributed by atoms with E-state index in [2.05, 4.69) is 5.16 Å². The first kappa shape index (κ1) is 19.4. The number of aromatic amines is 1. The third-order valence-electron chi connectivity index (χ3n) is 4.13. The van der Waals surface area contributed by atoms with E-state index in [-0.39, 0.29) is 12.2 Å². The number of rotatable bonds is 5. The van der Waals surface area contributed by atoms with Crippen molar-refractivity contribution in [3.63, 3.8) is 0 Å². The first-order valence-electron chi connectivity index (χ1n) is 8.02. The summed E-state index contributed by atoms with van der Waals surface area (Å²) >= 11 is 0. The number of nitrogens with one attached hydrogen (secondary N) is 1. The van der Waals surface area contributed by atoms with Crippen LogP contribution in [0.2, 0.25) is 0 Å². The van der Waals surface area contributed by atoms with Gasteiger partial charge in [-0.3, -0.25) is 14.3 Å². The first-order chi connectivity index (χ1) is 13.3. The normalized spacial score (nSPS) is 24.6. The zero-order valence-corrected chi connectivity index (χ0v) is 14.2. The summed E-state index contributed by atoms with van der Waals surface area (Å²) in [6.45, 7) is -0.311. The van der Waals surface area contributed by atoms with E-state index in [9.17, 15) is 35.1 Å². The quantitative estimate of drug-likeness (QED) is 0.195. The van der Waals surface area contributed by atoms with Gasteiger partial charge in [0.15, 0.2) is 17.7 Å². The monoisotopic (exact) mass is 395 g/mol. The third kappa shape index (κ3) is 3.69. The van der Waals surface area contributed by atoms with Crippen molar-refractivity contribution in [3.05, 3.63) is 50.8 Å². The highest BCUT2D eigenvalue weighted by molar-refractivity contribution is 5.85. The number of aliphatic hydroxyl groups is 2. The predicted octanol–water partition coefficient (Wildman–Crippen LogP) is -1.68. The maximum absolute atomic E-state index is 11.8. The molecule has 1 aliphatic heterocycles. The maximum atomic E-state index is 11.8. The van der Waals surface area contributed by atoms with Gasteiger partial charge in [0.2, 0.25) is 5.75 Å². The van der Waals surface area contributed by atoms with Gasteiger partial charge in [-0.1, -0.05) is 5.16 Å². The molecule has 1 aromatic carbocycles. The number of benzene rings is 1. The molecular formula is C16H17N3O9. The van der Waals surface area contributed by atoms with Gasteiger partial charge in [-0.2, -0.15) is 0 Å². The number of ether oxygens (including phenoxy) is 1. The molecule has 28 heavy (non-hydrogen) atoms. The lowest BCUT2D eigenvalue weighted by atomic mass is 10.1. The average Bonchev–Trinajstić information content (AvgIpc) is 2.93. The van der Waals surface area contributed by atoms with Crippen molar-refractivity contribution in [2.45, 2.75) is 24.5 Å². The Labute approximate surface area is 156 Å². The minimum Gasteiger partial charge on any atom is -0.504 e. The Morgan fingerprint density at radius 2 is 1.89 bits per heavy atom. The van der Waals surface area contributed by atoms with E-state index >= 15 is 0 Å². The Bertz CT molecular complexity index is 1000. The SMILES string of the molecule is O=c1ccn(C2OC(CO/N=C/c3ccc(O)c(O)c3O)C(O)C2O)c(=O)[nH]1. The van der Waals surface area contributed by atoms with Gasteiger partial charge < -0.3 is 35.1 Å². The molecule has 2 aromatic rings. The van der Waals surface area contributed by atoms with Crippen LogP contribution in [-0.4, -0.2) is 66.2 Å². The average molecular weight is 395 g/mol. The molecule has 12 nitrogen and oxygen atoms in total. The molecular weight excluding hydrogens is 378 g/mol. The molecule has 1 fully saturated rings. The molecule has 3 rings (SSSR count). The molecule has 0 radical (unpaired) electrons. The van der Waals surface area contributed by atoms with Crippen molar-refractivity contribution in [1.29, 1.82) is 0 Å². The highest BCUT2D eigenvalue weighted by Crippen LogP contribution is 2.36. The Balaban J connectivity index is 1.65. The van der Waals surface area contributed by atoms with Gasteiger partial charge in [-0.25, -0.2) is 4.79 Å². The van der Waals surface area contributed by atoms with E-state index in [1.54, 1.807) is 0 Å². The molecule has 4 unspecified atom stereocenters. The lowest BCUT2D eigenvalue weighted by molar-refractivity contribution is -0.0677. The Kier molecular flexibility index (Phi) is 5.35. The summed E-state index contributed by atoms with van der Waals surface area (Å²) in [5.41, 5.74) is -1.38. The zero-order chi connectivity index (χ0) is 20.4. The minimum atomic E-state index is -1.46. The van der Waals surface area contributed by atoms with Crippen LogP contribution in [0.3, 0.4) is 0 Å². The van der Waals surface area contributed by atoms with Crippen molar-refractivity contribution in [2.75, 3.05) is 6.61 Å². The van der Waals surface area contributed by atoms with Gasteiger partial charge in [0.25, 0.3) is 5.56 Å². The van der Waals surface area contributed by atoms with Crippen molar-refractivity contribution in [1.82, 2.24) is 9.55 Å². The van der Waals surface area contributed by atoms with E-state index < -0.39 is 53.0 Å². The molecule has 150 valence electrons. The van der Waals surface area contributed by atoms with Crippen LogP contribution in [0.4, 0.5) is 0 Å². The number of aliphatic hydroxyl groups excluding tert-OH is 2. The topological polar surface area (TPSA) is 187 Å². The highest BCUT2D eigenvalue weighted by Gasteiger charge is 2.44. The van der Waals surface area contributed by atoms with E-state index in [1.165, 1.54) is 6.07 Å². The number of aromatic hydroxyl groups is 3. The van der Waals surface area contributed by atoms with Gasteiger partial charge in [0, 0.05) is 17.8 Å². The standard InChI is InChI=1S/C16H17N3O9/c20-8-2-1-7(11(22)12(8)23)5-17-27-6-9-13(24)14(25)15(28-9)19-4-3-10(21)18-16(19)26/h1-5,9,13-15,20,22-25H,6H2,(H,18,21,26)/b17-5+. The van der Waals surface area contributed by atoms with Crippen LogP contribution in [-0.2, 0) is 9.57 Å². The summed E-state index contributed by atoms with van der Waals surface area (Å²) in [4.78, 5) is 29.9. The molecule has 1 aromatic heterocycles. The van der Waals surface area contributed by atoms with E-state index in [0.717, 1.165) is 29.1 Å². The molecule has 0 saturated carbocycles. The molecule has 12 heteroatoms. The first-order valence-corrected chi connectivity index (χ1v) is 8.02. The van der Waals surface area contributed by atoms with Crippen molar-refractivity contribution in [2.24, 2.45) is 5.16 Å². The fourth-order valence-corrected chi connectivity index (χ4v) is 2.62. The number of hydrogen-bond acceptors (Lipinski definition) is 10. The lowest BCUT2D eigenvalue weighted by Crippen LogP contribution is -2.37. The molecule has 2 heterocycles. The molecule has 0 aliphatic carbocycles. The molecule has 4 atom stereocenters. The third-order valence-corrected chi connectivity index (χ3v) is 4.13. The summed E-state index contributed by atoms with van der Waals surface area (Å²) in [6.07, 6.45) is -2.96. The number of hydrogen-bond donors (Lipinski definition) is 6. The number of nitrogens with zero attached hydrogens (tertiary/aromatic N) is 2. The molecule has 0 spiro atoms. The van der Waals surface area contributed by atoms with Crippen LogP contribution in [0.25, 0.3) is 0 Å². The van der Waals surface area contributed by atoms with Crippen LogP contribution in [0.5, 0.6) is 17.2 Å². The molecule has 1 saturated heterocycles. The maximum Gasteiger partial charge on any atom is 0.330 e. The Morgan fingerprint density at radius 3 is 2.61 bits per heavy atom. The van der Waals surface area contributed by atoms with Crippen molar-refractivity contribution >= 4 is 6.21 Å². The highest BCUT2D eigenvalue weighted by atomic mass is 16.6. The summed E-state index contributed by atoms with van der Waals surface area (Å²) in [6, 6.07) is 3.49. The number of aromatic nitrogens is 2. The van der Waals surface area contributed by atoms with Crippen LogP contribution in [0, 0.1) is 0 Å². The van der Waals surface area contributed by atoms with Crippen molar-refractivity contribution < 1.29 is 35.1 Å². The summed E-state index contributed by atoms with van der Waals surface area (Å²) in [5.74, 6) is -1.82. The molecule has 6 N–H and O–H groups in total. The second-order valence-corrected chi connectivity index (χ2v) is 5.97. The van der Waals surface area contributed by atoms with Gasteiger partial charge in [-0.15, -0.1) is 0 Å². The van der Waals surface area contributed by atoms with E-state index in [1.807, 2.05) is 4.98 Å².